The molecule has 1 aliphatic carbocycles. The standard InChI is InChI=1S/C54H66N10O9S/c1-34(2)60-19-17-59(18-20-60)30-37-31-72-48-27-40(26-45(64(66)67)50(48)56-37)74(68,69)58-52(65)42-9-8-38(25-44(42)63-43-11-22-70-33-49(43)73-53-46(63)24-36-10-14-55-51(36)57-53)61-15-12-54(13-16-61)28-39(29-54)62-21-23-71-32-47(62)41-7-5-4-6-35(41)3/h4-10,14,24-27,34,37,39,43,47,49,56H,11-13,15-23,28-33H2,1-3H3,(H,55,57)(H,58,65)/t37-,43-,47-,49-/m0/s1. The number of piperidine rings is 1. The fraction of sp³-hybridized carbons (Fsp3) is 0.519. The molecule has 1 spiro atoms. The SMILES string of the molecule is Cc1ccccc1[C@@H]1COCCN1C1CC2(CCN(c3ccc(C(=O)NS(=O)(=O)c4cc5c(c([N+](=O)[O-])c4)N[C@@H](CN4CCN(C(C)C)CC4)CO5)c(N4c5cc6cc[nH]c6nc5O[C@H]5COCC[C@@H]54)c3)CC2)C1. The number of carbonyl (C=O) groups excluding carboxylic acids is 1. The van der Waals surface area contributed by atoms with Crippen molar-refractivity contribution in [2.75, 3.05) is 101 Å². The van der Waals surface area contributed by atoms with Gasteiger partial charge in [0.2, 0.25) is 5.88 Å². The third-order valence-corrected chi connectivity index (χ3v) is 18.3. The normalized spacial score (nSPS) is 24.5. The number of morpholine rings is 1. The lowest BCUT2D eigenvalue weighted by molar-refractivity contribution is -0.384. The number of anilines is 4. The molecule has 3 aromatic carbocycles. The van der Waals surface area contributed by atoms with Gasteiger partial charge < -0.3 is 39.0 Å². The number of aryl methyl sites for hydroxylation is 1. The summed E-state index contributed by atoms with van der Waals surface area (Å²) in [6.07, 6.45) is 6.29. The number of hydrogen-bond acceptors (Lipinski definition) is 16. The number of H-pyrrole nitrogens is 1. The number of nitrogens with zero attached hydrogens (tertiary/aromatic N) is 7. The van der Waals surface area contributed by atoms with Crippen LogP contribution in [0.2, 0.25) is 0 Å². The second-order valence-corrected chi connectivity index (χ2v) is 23.4. The molecule has 4 saturated heterocycles. The van der Waals surface area contributed by atoms with Crippen molar-refractivity contribution >= 4 is 55.4 Å². The van der Waals surface area contributed by atoms with Gasteiger partial charge in [-0.05, 0) is 99.7 Å². The Bertz CT molecular complexity index is 3060. The minimum atomic E-state index is -4.70. The summed E-state index contributed by atoms with van der Waals surface area (Å²) in [6, 6.07) is 21.1. The highest BCUT2D eigenvalue weighted by molar-refractivity contribution is 7.90. The summed E-state index contributed by atoms with van der Waals surface area (Å²) in [4.78, 5) is 46.3. The zero-order valence-corrected chi connectivity index (χ0v) is 43.1. The number of piperazine rings is 1. The van der Waals surface area contributed by atoms with Gasteiger partial charge in [-0.25, -0.2) is 13.1 Å². The molecular formula is C54H66N10O9S. The molecule has 392 valence electrons. The van der Waals surface area contributed by atoms with Gasteiger partial charge in [0.15, 0.2) is 11.4 Å². The molecule has 19 nitrogen and oxygen atoms in total. The molecule has 0 unspecified atom stereocenters. The van der Waals surface area contributed by atoms with Crippen molar-refractivity contribution in [3.8, 4) is 11.6 Å². The molecule has 1 amide bonds. The first kappa shape index (κ1) is 48.9. The Morgan fingerprint density at radius 2 is 1.73 bits per heavy atom. The number of sulfonamides is 1. The second kappa shape index (κ2) is 19.6. The van der Waals surface area contributed by atoms with Crippen molar-refractivity contribution in [1.82, 2.24) is 29.4 Å². The first-order valence-corrected chi connectivity index (χ1v) is 27.8. The number of nitro groups is 1. The topological polar surface area (TPSA) is 200 Å². The maximum absolute atomic E-state index is 14.8. The van der Waals surface area contributed by atoms with Crippen molar-refractivity contribution in [2.45, 2.75) is 94.1 Å². The third kappa shape index (κ3) is 9.20. The Morgan fingerprint density at radius 1 is 0.932 bits per heavy atom. The number of nitro benzene ring substituents is 1. The zero-order valence-electron chi connectivity index (χ0n) is 42.3. The highest BCUT2D eigenvalue weighted by atomic mass is 32.2. The Balaban J connectivity index is 0.818. The minimum absolute atomic E-state index is 0.0327. The Kier molecular flexibility index (Phi) is 12.9. The van der Waals surface area contributed by atoms with Gasteiger partial charge in [0.05, 0.1) is 59.0 Å². The molecule has 4 atom stereocenters. The lowest BCUT2D eigenvalue weighted by Gasteiger charge is -2.57. The number of aromatic nitrogens is 2. The number of ether oxygens (including phenoxy) is 4. The minimum Gasteiger partial charge on any atom is -0.489 e. The molecule has 74 heavy (non-hydrogen) atoms. The summed E-state index contributed by atoms with van der Waals surface area (Å²) in [5, 5.41) is 16.8. The van der Waals surface area contributed by atoms with Gasteiger partial charge >= 0.3 is 0 Å². The summed E-state index contributed by atoms with van der Waals surface area (Å²) in [5.74, 6) is -0.488. The smallest absolute Gasteiger partial charge is 0.297 e. The molecule has 20 heteroatoms. The van der Waals surface area contributed by atoms with E-state index in [0.717, 1.165) is 95.2 Å². The van der Waals surface area contributed by atoms with Crippen LogP contribution < -0.4 is 29.3 Å². The maximum Gasteiger partial charge on any atom is 0.297 e. The third-order valence-electron chi connectivity index (χ3n) is 17.0. The molecule has 6 aliphatic heterocycles. The van der Waals surface area contributed by atoms with Gasteiger partial charge in [-0.3, -0.25) is 29.6 Å². The van der Waals surface area contributed by atoms with Crippen LogP contribution in [0.5, 0.6) is 11.6 Å². The number of pyridine rings is 1. The van der Waals surface area contributed by atoms with Crippen LogP contribution in [0, 0.1) is 22.5 Å². The molecule has 5 fully saturated rings. The lowest BCUT2D eigenvalue weighted by Crippen LogP contribution is -2.58. The van der Waals surface area contributed by atoms with E-state index in [0.29, 0.717) is 67.8 Å². The quantitative estimate of drug-likeness (QED) is 0.0943. The van der Waals surface area contributed by atoms with Crippen LogP contribution in [-0.4, -0.2) is 160 Å². The summed E-state index contributed by atoms with van der Waals surface area (Å²) >= 11 is 0. The van der Waals surface area contributed by atoms with Gasteiger partial charge in [-0.15, -0.1) is 0 Å². The summed E-state index contributed by atoms with van der Waals surface area (Å²) in [7, 11) is -4.70. The highest BCUT2D eigenvalue weighted by Gasteiger charge is 2.50. The number of carbonyl (C=O) groups is 1. The first-order valence-electron chi connectivity index (χ1n) is 26.3. The van der Waals surface area contributed by atoms with Crippen molar-refractivity contribution in [3.05, 3.63) is 99.7 Å². The van der Waals surface area contributed by atoms with Crippen LogP contribution in [0.15, 0.2) is 77.8 Å². The number of hydrogen-bond donors (Lipinski definition) is 3. The van der Waals surface area contributed by atoms with E-state index in [-0.39, 0.29) is 47.1 Å². The Labute approximate surface area is 431 Å². The van der Waals surface area contributed by atoms with Gasteiger partial charge in [0.25, 0.3) is 21.6 Å². The van der Waals surface area contributed by atoms with E-state index in [9.17, 15) is 23.3 Å². The molecular weight excluding hydrogens is 965 g/mol. The van der Waals surface area contributed by atoms with Crippen molar-refractivity contribution in [3.63, 3.8) is 0 Å². The molecule has 5 aromatic rings. The number of aromatic amines is 1. The second-order valence-electron chi connectivity index (χ2n) is 21.7. The summed E-state index contributed by atoms with van der Waals surface area (Å²) in [6.45, 7) is 15.7. The van der Waals surface area contributed by atoms with Crippen LogP contribution in [0.4, 0.5) is 28.4 Å². The molecule has 2 aromatic heterocycles. The van der Waals surface area contributed by atoms with E-state index >= 15 is 0 Å². The molecule has 3 N–H and O–H groups in total. The predicted octanol–water partition coefficient (Wildman–Crippen LogP) is 6.61. The monoisotopic (exact) mass is 1030 g/mol. The van der Waals surface area contributed by atoms with E-state index in [1.165, 1.54) is 17.2 Å². The summed E-state index contributed by atoms with van der Waals surface area (Å²) < 4.78 is 55.7. The van der Waals surface area contributed by atoms with Crippen molar-refractivity contribution in [1.29, 1.82) is 0 Å². The molecule has 0 bridgehead atoms. The van der Waals surface area contributed by atoms with Gasteiger partial charge in [0, 0.05) is 100 Å². The largest absolute Gasteiger partial charge is 0.489 e. The van der Waals surface area contributed by atoms with E-state index in [1.54, 1.807) is 6.07 Å². The number of amides is 1. The van der Waals surface area contributed by atoms with Crippen molar-refractivity contribution in [2.24, 2.45) is 5.41 Å². The van der Waals surface area contributed by atoms with Crippen LogP contribution >= 0.6 is 0 Å². The maximum atomic E-state index is 14.8. The molecule has 0 radical (unpaired) electrons. The van der Waals surface area contributed by atoms with Gasteiger partial charge in [-0.2, -0.15) is 4.98 Å². The number of nitrogens with one attached hydrogen (secondary N) is 3. The van der Waals surface area contributed by atoms with Crippen LogP contribution in [-0.2, 0) is 19.5 Å². The molecule has 8 heterocycles. The van der Waals surface area contributed by atoms with Crippen molar-refractivity contribution < 1.29 is 37.1 Å². The van der Waals surface area contributed by atoms with E-state index in [4.69, 9.17) is 23.9 Å². The van der Waals surface area contributed by atoms with Crippen LogP contribution in [0.1, 0.15) is 73.5 Å². The van der Waals surface area contributed by atoms with Gasteiger partial charge in [0.1, 0.15) is 24.0 Å². The zero-order chi connectivity index (χ0) is 50.9. The Hall–Kier alpha value is -6.03. The van der Waals surface area contributed by atoms with Crippen LogP contribution in [0.3, 0.4) is 0 Å². The number of benzene rings is 3. The van der Waals surface area contributed by atoms with E-state index in [2.05, 4.69) is 84.6 Å². The number of rotatable bonds is 11. The Morgan fingerprint density at radius 3 is 2.51 bits per heavy atom. The highest BCUT2D eigenvalue weighted by Crippen LogP contribution is 2.54. The molecule has 1 saturated carbocycles. The first-order chi connectivity index (χ1) is 35.8. The molecule has 12 rings (SSSR count). The predicted molar refractivity (Wildman–Crippen MR) is 280 cm³/mol. The number of fused-ring (bicyclic) bond motifs is 4. The van der Waals surface area contributed by atoms with Gasteiger partial charge in [-0.1, -0.05) is 24.3 Å². The van der Waals surface area contributed by atoms with E-state index in [1.807, 2.05) is 30.5 Å². The average Bonchev–Trinajstić information content (AvgIpc) is 3.86. The van der Waals surface area contributed by atoms with E-state index < -0.39 is 37.5 Å². The molecule has 7 aliphatic rings. The van der Waals surface area contributed by atoms with Crippen LogP contribution in [0.25, 0.3) is 11.0 Å². The fourth-order valence-corrected chi connectivity index (χ4v) is 13.8. The lowest BCUT2D eigenvalue weighted by atomic mass is 9.59. The average molecular weight is 1030 g/mol. The fourth-order valence-electron chi connectivity index (χ4n) is 12.8. The summed E-state index contributed by atoms with van der Waals surface area (Å²) in [5.41, 5.74) is 5.35.